The third-order valence-electron chi connectivity index (χ3n) is 3.97. The minimum atomic E-state index is -0.537. The number of nitrogens with zero attached hydrogens (tertiary/aromatic N) is 2. The Labute approximate surface area is 139 Å². The van der Waals surface area contributed by atoms with Crippen LogP contribution in [0.1, 0.15) is 6.42 Å². The molecule has 2 aliphatic heterocycles. The van der Waals surface area contributed by atoms with Crippen LogP contribution in [0.2, 0.25) is 5.02 Å². The van der Waals surface area contributed by atoms with Crippen LogP contribution in [0.5, 0.6) is 0 Å². The molecule has 6 nitrogen and oxygen atoms in total. The highest BCUT2D eigenvalue weighted by Gasteiger charge is 2.39. The molecule has 1 unspecified atom stereocenters. The second kappa shape index (κ2) is 6.50. The van der Waals surface area contributed by atoms with Crippen molar-refractivity contribution in [1.82, 2.24) is 4.90 Å². The highest BCUT2D eigenvalue weighted by Crippen LogP contribution is 2.30. The number of hydrogen-bond donors (Lipinski definition) is 0. The summed E-state index contributed by atoms with van der Waals surface area (Å²) in [6.45, 7) is 1.26. The van der Waals surface area contributed by atoms with Gasteiger partial charge in [-0.15, -0.1) is 0 Å². The fourth-order valence-corrected chi connectivity index (χ4v) is 2.97. The number of ether oxygens (including phenoxy) is 2. The number of rotatable bonds is 3. The molecule has 3 rings (SSSR count). The number of amides is 2. The van der Waals surface area contributed by atoms with Gasteiger partial charge in [-0.25, -0.2) is 0 Å². The first-order chi connectivity index (χ1) is 11.1. The molecular weight excluding hydrogens is 320 g/mol. The second-order valence-corrected chi connectivity index (χ2v) is 5.77. The van der Waals surface area contributed by atoms with Gasteiger partial charge in [-0.1, -0.05) is 23.7 Å². The Morgan fingerprint density at radius 2 is 2.13 bits per heavy atom. The maximum absolute atomic E-state index is 12.7. The Hall–Kier alpha value is -2.21. The van der Waals surface area contributed by atoms with Crippen LogP contribution >= 0.6 is 11.6 Å². The summed E-state index contributed by atoms with van der Waals surface area (Å²) in [6.07, 6.45) is 1.84. The molecule has 2 heterocycles. The van der Waals surface area contributed by atoms with Crippen LogP contribution in [0.15, 0.2) is 36.3 Å². The molecule has 0 radical (unpaired) electrons. The van der Waals surface area contributed by atoms with E-state index in [0.29, 0.717) is 36.9 Å². The normalized spacial score (nSPS) is 20.6. The summed E-state index contributed by atoms with van der Waals surface area (Å²) in [7, 11) is 1.60. The number of para-hydroxylation sites is 1. The predicted octanol–water partition coefficient (Wildman–Crippen LogP) is 1.79. The number of benzene rings is 1. The molecule has 1 saturated heterocycles. The monoisotopic (exact) mass is 336 g/mol. The van der Waals surface area contributed by atoms with Gasteiger partial charge in [0.15, 0.2) is 0 Å². The van der Waals surface area contributed by atoms with Gasteiger partial charge in [0.1, 0.15) is 25.5 Å². The first kappa shape index (κ1) is 15.7. The van der Waals surface area contributed by atoms with E-state index in [9.17, 15) is 9.59 Å². The third kappa shape index (κ3) is 2.99. The highest BCUT2D eigenvalue weighted by molar-refractivity contribution is 6.34. The fraction of sp³-hybridized carbons (Fsp3) is 0.375. The van der Waals surface area contributed by atoms with Crippen LogP contribution in [0.3, 0.4) is 0 Å². The van der Waals surface area contributed by atoms with E-state index < -0.39 is 6.04 Å². The van der Waals surface area contributed by atoms with Crippen LogP contribution in [0.25, 0.3) is 0 Å². The molecule has 7 heteroatoms. The van der Waals surface area contributed by atoms with E-state index in [-0.39, 0.29) is 17.6 Å². The van der Waals surface area contributed by atoms with Crippen LogP contribution in [0.4, 0.5) is 5.69 Å². The predicted molar refractivity (Wildman–Crippen MR) is 85.0 cm³/mol. The van der Waals surface area contributed by atoms with E-state index in [2.05, 4.69) is 0 Å². The number of carbonyl (C=O) groups is 2. The molecule has 1 aromatic carbocycles. The van der Waals surface area contributed by atoms with Gasteiger partial charge in [0, 0.05) is 13.6 Å². The van der Waals surface area contributed by atoms with Crippen molar-refractivity contribution in [2.45, 2.75) is 12.5 Å². The SMILES string of the molecule is CN(C(=O)C1=COCCO1)C1CCN(c2ccccc2Cl)C1=O. The summed E-state index contributed by atoms with van der Waals surface area (Å²) >= 11 is 6.16. The Kier molecular flexibility index (Phi) is 4.43. The number of carbonyl (C=O) groups excluding carboxylic acids is 2. The molecule has 1 aromatic rings. The lowest BCUT2D eigenvalue weighted by Crippen LogP contribution is -2.44. The Bertz CT molecular complexity index is 661. The van der Waals surface area contributed by atoms with Gasteiger partial charge < -0.3 is 19.3 Å². The van der Waals surface area contributed by atoms with Crippen molar-refractivity contribution in [3.8, 4) is 0 Å². The summed E-state index contributed by atoms with van der Waals surface area (Å²) in [6, 6.07) is 6.64. The molecule has 0 saturated carbocycles. The van der Waals surface area contributed by atoms with Gasteiger partial charge in [-0.3, -0.25) is 9.59 Å². The summed E-state index contributed by atoms with van der Waals surface area (Å²) in [5, 5.41) is 0.516. The van der Waals surface area contributed by atoms with Crippen LogP contribution in [-0.4, -0.2) is 49.6 Å². The number of anilines is 1. The Balaban J connectivity index is 1.75. The van der Waals surface area contributed by atoms with Crippen molar-refractivity contribution in [1.29, 1.82) is 0 Å². The van der Waals surface area contributed by atoms with Gasteiger partial charge in [-0.05, 0) is 18.6 Å². The van der Waals surface area contributed by atoms with Crippen molar-refractivity contribution in [2.75, 3.05) is 31.7 Å². The fourth-order valence-electron chi connectivity index (χ4n) is 2.73. The quantitative estimate of drug-likeness (QED) is 0.844. The van der Waals surface area contributed by atoms with Gasteiger partial charge in [0.25, 0.3) is 5.91 Å². The largest absolute Gasteiger partial charge is 0.494 e. The van der Waals surface area contributed by atoms with E-state index in [1.54, 1.807) is 24.1 Å². The summed E-state index contributed by atoms with van der Waals surface area (Å²) < 4.78 is 10.4. The zero-order valence-electron chi connectivity index (χ0n) is 12.7. The summed E-state index contributed by atoms with van der Waals surface area (Å²) in [5.41, 5.74) is 0.666. The van der Waals surface area contributed by atoms with Crippen molar-refractivity contribution < 1.29 is 19.1 Å². The molecule has 0 aromatic heterocycles. The molecule has 1 fully saturated rings. The van der Waals surface area contributed by atoms with E-state index >= 15 is 0 Å². The van der Waals surface area contributed by atoms with Crippen LogP contribution in [0, 0.1) is 0 Å². The molecule has 0 N–H and O–H groups in total. The first-order valence-electron chi connectivity index (χ1n) is 7.37. The number of likely N-dealkylation sites (N-methyl/N-ethyl adjacent to an activating group) is 1. The van der Waals surface area contributed by atoms with Crippen molar-refractivity contribution in [3.63, 3.8) is 0 Å². The molecule has 0 bridgehead atoms. The summed E-state index contributed by atoms with van der Waals surface area (Å²) in [4.78, 5) is 28.1. The molecule has 2 amide bonds. The molecule has 23 heavy (non-hydrogen) atoms. The standard InChI is InChI=1S/C16H17ClN2O4/c1-18(16(21)14-10-22-8-9-23-14)13-6-7-19(15(13)20)12-5-3-2-4-11(12)17/h2-5,10,13H,6-9H2,1H3. The molecule has 1 atom stereocenters. The molecular formula is C16H17ClN2O4. The molecule has 0 aliphatic carbocycles. The van der Waals surface area contributed by atoms with E-state index in [1.165, 1.54) is 11.2 Å². The molecule has 2 aliphatic rings. The summed E-state index contributed by atoms with van der Waals surface area (Å²) in [5.74, 6) is -0.377. The number of halogens is 1. The van der Waals surface area contributed by atoms with Crippen molar-refractivity contribution >= 4 is 29.1 Å². The van der Waals surface area contributed by atoms with Crippen molar-refractivity contribution in [3.05, 3.63) is 41.3 Å². The van der Waals surface area contributed by atoms with E-state index in [0.717, 1.165) is 0 Å². The van der Waals surface area contributed by atoms with Crippen LogP contribution < -0.4 is 4.90 Å². The highest BCUT2D eigenvalue weighted by atomic mass is 35.5. The topological polar surface area (TPSA) is 59.1 Å². The zero-order valence-corrected chi connectivity index (χ0v) is 13.5. The second-order valence-electron chi connectivity index (χ2n) is 5.36. The zero-order chi connectivity index (χ0) is 16.4. The minimum absolute atomic E-state index is 0.128. The third-order valence-corrected chi connectivity index (χ3v) is 4.29. The van der Waals surface area contributed by atoms with Gasteiger partial charge in [-0.2, -0.15) is 0 Å². The maximum Gasteiger partial charge on any atom is 0.292 e. The molecule has 122 valence electrons. The smallest absolute Gasteiger partial charge is 0.292 e. The molecule has 0 spiro atoms. The lowest BCUT2D eigenvalue weighted by molar-refractivity contribution is -0.137. The maximum atomic E-state index is 12.7. The lowest BCUT2D eigenvalue weighted by atomic mass is 10.2. The van der Waals surface area contributed by atoms with Crippen molar-refractivity contribution in [2.24, 2.45) is 0 Å². The minimum Gasteiger partial charge on any atom is -0.494 e. The van der Waals surface area contributed by atoms with E-state index in [1.807, 2.05) is 12.1 Å². The first-order valence-corrected chi connectivity index (χ1v) is 7.75. The van der Waals surface area contributed by atoms with Gasteiger partial charge in [0.05, 0.1) is 10.7 Å². The lowest BCUT2D eigenvalue weighted by Gasteiger charge is -2.26. The van der Waals surface area contributed by atoms with E-state index in [4.69, 9.17) is 21.1 Å². The number of hydrogen-bond acceptors (Lipinski definition) is 4. The van der Waals surface area contributed by atoms with Gasteiger partial charge in [0.2, 0.25) is 11.7 Å². The average molecular weight is 337 g/mol. The Morgan fingerprint density at radius 1 is 1.35 bits per heavy atom. The Morgan fingerprint density at radius 3 is 2.83 bits per heavy atom. The van der Waals surface area contributed by atoms with Crippen LogP contribution in [-0.2, 0) is 19.1 Å². The van der Waals surface area contributed by atoms with Gasteiger partial charge >= 0.3 is 0 Å². The average Bonchev–Trinajstić information content (AvgIpc) is 2.96.